The average Bonchev–Trinajstić information content (AvgIpc) is 3.09. The van der Waals surface area contributed by atoms with Gasteiger partial charge in [0.1, 0.15) is 5.69 Å². The number of amides is 1. The van der Waals surface area contributed by atoms with Crippen LogP contribution in [-0.4, -0.2) is 20.7 Å². The highest BCUT2D eigenvalue weighted by Crippen LogP contribution is 2.26. The Morgan fingerprint density at radius 2 is 1.93 bits per heavy atom. The van der Waals surface area contributed by atoms with Gasteiger partial charge in [0, 0.05) is 34.4 Å². The molecule has 0 atom stereocenters. The Morgan fingerprint density at radius 1 is 1.07 bits per heavy atom. The van der Waals surface area contributed by atoms with E-state index >= 15 is 0 Å². The van der Waals surface area contributed by atoms with Crippen LogP contribution in [0.5, 0.6) is 0 Å². The largest absolute Gasteiger partial charge is 0.320 e. The fourth-order valence-corrected chi connectivity index (χ4v) is 3.38. The predicted molar refractivity (Wildman–Crippen MR) is 111 cm³/mol. The van der Waals surface area contributed by atoms with E-state index in [0.29, 0.717) is 5.69 Å². The summed E-state index contributed by atoms with van der Waals surface area (Å²) in [5, 5.41) is 8.06. The number of carbonyl (C=O) groups is 1. The molecule has 0 bridgehead atoms. The fourth-order valence-electron chi connectivity index (χ4n) is 3.00. The molecular weight excluding hydrogens is 404 g/mol. The van der Waals surface area contributed by atoms with E-state index in [0.717, 1.165) is 37.9 Å². The van der Waals surface area contributed by atoms with Crippen LogP contribution >= 0.6 is 15.9 Å². The molecule has 0 unspecified atom stereocenters. The molecule has 134 valence electrons. The topological polar surface area (TPSA) is 59.8 Å². The summed E-state index contributed by atoms with van der Waals surface area (Å²) in [6.07, 6.45) is 1.61. The smallest absolute Gasteiger partial charge is 0.273 e. The lowest BCUT2D eigenvalue weighted by molar-refractivity contribution is 0.101. The van der Waals surface area contributed by atoms with Crippen LogP contribution in [0, 0.1) is 6.92 Å². The molecule has 0 spiro atoms. The minimum atomic E-state index is -0.180. The number of pyridine rings is 1. The maximum atomic E-state index is 12.4. The number of aryl methyl sites for hydroxylation is 2. The molecule has 0 saturated heterocycles. The molecule has 1 amide bonds. The third-order valence-electron chi connectivity index (χ3n) is 4.48. The van der Waals surface area contributed by atoms with Gasteiger partial charge in [-0.25, -0.2) is 4.98 Å². The molecule has 0 radical (unpaired) electrons. The molecule has 5 nitrogen and oxygen atoms in total. The van der Waals surface area contributed by atoms with E-state index in [1.165, 1.54) is 0 Å². The standard InChI is InChI=1S/C21H17BrN4O/c1-13-11-14(18-7-4-15-12-16(22)5-8-19(15)24-18)3-6-17(13)25-21(27)20-9-10-23-26(20)2/h3-12H,1-2H3,(H,25,27). The van der Waals surface area contributed by atoms with E-state index in [2.05, 4.69) is 38.5 Å². The van der Waals surface area contributed by atoms with Gasteiger partial charge >= 0.3 is 0 Å². The number of nitrogens with one attached hydrogen (secondary N) is 1. The Labute approximate surface area is 165 Å². The van der Waals surface area contributed by atoms with Gasteiger partial charge in [-0.3, -0.25) is 9.48 Å². The van der Waals surface area contributed by atoms with Gasteiger partial charge in [-0.15, -0.1) is 0 Å². The van der Waals surface area contributed by atoms with Crippen LogP contribution in [0.2, 0.25) is 0 Å². The molecule has 2 heterocycles. The highest BCUT2D eigenvalue weighted by atomic mass is 79.9. The molecule has 6 heteroatoms. The average molecular weight is 421 g/mol. The molecule has 27 heavy (non-hydrogen) atoms. The SMILES string of the molecule is Cc1cc(-c2ccc3cc(Br)ccc3n2)ccc1NC(=O)c1ccnn1C. The Bertz CT molecular complexity index is 1170. The van der Waals surface area contributed by atoms with E-state index in [9.17, 15) is 4.79 Å². The van der Waals surface area contributed by atoms with Crippen LogP contribution in [0.1, 0.15) is 16.1 Å². The molecular formula is C21H17BrN4O. The number of fused-ring (bicyclic) bond motifs is 1. The first-order valence-corrected chi connectivity index (χ1v) is 9.27. The summed E-state index contributed by atoms with van der Waals surface area (Å²) in [4.78, 5) is 17.1. The van der Waals surface area contributed by atoms with Crippen molar-refractivity contribution >= 4 is 38.4 Å². The number of aromatic nitrogens is 3. The third kappa shape index (κ3) is 3.48. The first-order valence-electron chi connectivity index (χ1n) is 8.48. The lowest BCUT2D eigenvalue weighted by atomic mass is 10.1. The molecule has 4 rings (SSSR count). The number of benzene rings is 2. The Hall–Kier alpha value is -2.99. The summed E-state index contributed by atoms with van der Waals surface area (Å²) in [7, 11) is 1.74. The van der Waals surface area contributed by atoms with Crippen LogP contribution in [0.25, 0.3) is 22.2 Å². The molecule has 0 saturated carbocycles. The van der Waals surface area contributed by atoms with Gasteiger partial charge in [0.2, 0.25) is 0 Å². The molecule has 2 aromatic carbocycles. The maximum absolute atomic E-state index is 12.4. The first-order chi connectivity index (χ1) is 13.0. The Morgan fingerprint density at radius 3 is 2.67 bits per heavy atom. The summed E-state index contributed by atoms with van der Waals surface area (Å²) in [5.74, 6) is -0.180. The Kier molecular flexibility index (Phi) is 4.49. The summed E-state index contributed by atoms with van der Waals surface area (Å²) >= 11 is 3.48. The first kappa shape index (κ1) is 17.4. The molecule has 0 aliphatic carbocycles. The van der Waals surface area contributed by atoms with Crippen molar-refractivity contribution in [1.82, 2.24) is 14.8 Å². The van der Waals surface area contributed by atoms with Crippen molar-refractivity contribution in [2.45, 2.75) is 6.92 Å². The van der Waals surface area contributed by atoms with E-state index in [4.69, 9.17) is 4.98 Å². The predicted octanol–water partition coefficient (Wildman–Crippen LogP) is 4.96. The number of hydrogen-bond donors (Lipinski definition) is 1. The molecule has 1 N–H and O–H groups in total. The molecule has 2 aromatic heterocycles. The monoisotopic (exact) mass is 420 g/mol. The van der Waals surface area contributed by atoms with Gasteiger partial charge in [-0.05, 0) is 55.0 Å². The van der Waals surface area contributed by atoms with Crippen molar-refractivity contribution in [1.29, 1.82) is 0 Å². The second-order valence-corrected chi connectivity index (χ2v) is 7.27. The summed E-state index contributed by atoms with van der Waals surface area (Å²) in [5.41, 5.74) is 5.12. The summed E-state index contributed by atoms with van der Waals surface area (Å²) in [6, 6.07) is 17.7. The number of hydrogen-bond acceptors (Lipinski definition) is 3. The summed E-state index contributed by atoms with van der Waals surface area (Å²) < 4.78 is 2.59. The van der Waals surface area contributed by atoms with E-state index in [1.807, 2.05) is 43.3 Å². The van der Waals surface area contributed by atoms with Crippen molar-refractivity contribution < 1.29 is 4.79 Å². The summed E-state index contributed by atoms with van der Waals surface area (Å²) in [6.45, 7) is 1.97. The second kappa shape index (κ2) is 6.96. The zero-order valence-electron chi connectivity index (χ0n) is 14.9. The Balaban J connectivity index is 1.62. The van der Waals surface area contributed by atoms with Crippen molar-refractivity contribution in [3.05, 3.63) is 76.5 Å². The van der Waals surface area contributed by atoms with Crippen molar-refractivity contribution in [2.24, 2.45) is 7.05 Å². The molecule has 0 aliphatic rings. The van der Waals surface area contributed by atoms with Crippen molar-refractivity contribution in [2.75, 3.05) is 5.32 Å². The maximum Gasteiger partial charge on any atom is 0.273 e. The van der Waals surface area contributed by atoms with Gasteiger partial charge in [-0.2, -0.15) is 5.10 Å². The van der Waals surface area contributed by atoms with Crippen molar-refractivity contribution in [3.8, 4) is 11.3 Å². The van der Waals surface area contributed by atoms with E-state index in [1.54, 1.807) is 24.0 Å². The third-order valence-corrected chi connectivity index (χ3v) is 4.97. The minimum Gasteiger partial charge on any atom is -0.320 e. The highest BCUT2D eigenvalue weighted by molar-refractivity contribution is 9.10. The number of carbonyl (C=O) groups excluding carboxylic acids is 1. The zero-order valence-corrected chi connectivity index (χ0v) is 16.5. The number of halogens is 1. The van der Waals surface area contributed by atoms with E-state index in [-0.39, 0.29) is 5.91 Å². The molecule has 4 aromatic rings. The lowest BCUT2D eigenvalue weighted by Gasteiger charge is -2.11. The molecule has 0 aliphatic heterocycles. The van der Waals surface area contributed by atoms with Crippen LogP contribution < -0.4 is 5.32 Å². The highest BCUT2D eigenvalue weighted by Gasteiger charge is 2.12. The normalized spacial score (nSPS) is 10.9. The van der Waals surface area contributed by atoms with Crippen LogP contribution in [0.4, 0.5) is 5.69 Å². The number of nitrogens with zero attached hydrogens (tertiary/aromatic N) is 3. The van der Waals surface area contributed by atoms with Gasteiger partial charge < -0.3 is 5.32 Å². The number of anilines is 1. The van der Waals surface area contributed by atoms with Crippen LogP contribution in [0.15, 0.2) is 65.3 Å². The van der Waals surface area contributed by atoms with Crippen LogP contribution in [0.3, 0.4) is 0 Å². The van der Waals surface area contributed by atoms with Crippen molar-refractivity contribution in [3.63, 3.8) is 0 Å². The van der Waals surface area contributed by atoms with Crippen LogP contribution in [-0.2, 0) is 7.05 Å². The van der Waals surface area contributed by atoms with Gasteiger partial charge in [0.25, 0.3) is 5.91 Å². The molecule has 0 fully saturated rings. The fraction of sp³-hybridized carbons (Fsp3) is 0.0952. The zero-order chi connectivity index (χ0) is 19.0. The van der Waals surface area contributed by atoms with Gasteiger partial charge in [-0.1, -0.05) is 28.1 Å². The number of rotatable bonds is 3. The van der Waals surface area contributed by atoms with Gasteiger partial charge in [0.15, 0.2) is 0 Å². The lowest BCUT2D eigenvalue weighted by Crippen LogP contribution is -2.16. The minimum absolute atomic E-state index is 0.180. The van der Waals surface area contributed by atoms with E-state index < -0.39 is 0 Å². The quantitative estimate of drug-likeness (QED) is 0.509. The van der Waals surface area contributed by atoms with Gasteiger partial charge in [0.05, 0.1) is 11.2 Å². The second-order valence-electron chi connectivity index (χ2n) is 6.36.